The van der Waals surface area contributed by atoms with Crippen molar-refractivity contribution in [2.45, 2.75) is 238 Å². The third kappa shape index (κ3) is 44.6. The molecule has 3 unspecified atom stereocenters. The summed E-state index contributed by atoms with van der Waals surface area (Å²) in [6.45, 7) is 4.45. The molecule has 12 heteroatoms. The summed E-state index contributed by atoms with van der Waals surface area (Å²) in [4.78, 5) is 48.2. The lowest BCUT2D eigenvalue weighted by atomic mass is 10.1. The Hall–Kier alpha value is -2.56. The Balaban J connectivity index is 4.73. The van der Waals surface area contributed by atoms with Gasteiger partial charge in [-0.15, -0.1) is 0 Å². The molecule has 0 radical (unpaired) electrons. The number of rotatable bonds is 47. The Morgan fingerprint density at radius 2 is 0.812 bits per heavy atom. The molecule has 0 amide bonds. The first-order valence-electron chi connectivity index (χ1n) is 25.5. The van der Waals surface area contributed by atoms with Crippen LogP contribution in [0, 0.1) is 0 Å². The number of ether oxygens (including phenoxy) is 3. The molecule has 11 nitrogen and oxygen atoms in total. The van der Waals surface area contributed by atoms with Crippen LogP contribution in [-0.2, 0) is 42.2 Å². The number of unbranched alkanes of at least 4 members (excludes halogenated alkanes) is 22. The van der Waals surface area contributed by atoms with Gasteiger partial charge in [0.1, 0.15) is 12.7 Å². The van der Waals surface area contributed by atoms with E-state index in [0.717, 1.165) is 96.3 Å². The Morgan fingerprint density at radius 1 is 0.453 bits per heavy atom. The maximum atomic E-state index is 12.8. The molecule has 0 aliphatic rings. The Kier molecular flexibility index (Phi) is 45.1. The first-order chi connectivity index (χ1) is 31.2. The normalized spacial score (nSPS) is 13.9. The average Bonchev–Trinajstić information content (AvgIpc) is 3.28. The van der Waals surface area contributed by atoms with Crippen molar-refractivity contribution in [3.8, 4) is 0 Å². The van der Waals surface area contributed by atoms with Gasteiger partial charge in [0.25, 0.3) is 0 Å². The highest BCUT2D eigenvalue weighted by atomic mass is 31.2. The summed E-state index contributed by atoms with van der Waals surface area (Å²) < 4.78 is 39.2. The number of aliphatic hydroxyl groups is 1. The van der Waals surface area contributed by atoms with Crippen LogP contribution in [0.25, 0.3) is 0 Å². The zero-order chi connectivity index (χ0) is 47.0. The number of hydrogen-bond donors (Lipinski definition) is 2. The van der Waals surface area contributed by atoms with E-state index in [1.54, 1.807) is 0 Å². The molecule has 0 aliphatic heterocycles. The lowest BCUT2D eigenvalue weighted by Crippen LogP contribution is -2.30. The average molecular weight is 925 g/mol. The molecular formula is C52H93O11P. The van der Waals surface area contributed by atoms with Crippen LogP contribution in [0.2, 0.25) is 0 Å². The molecule has 3 atom stereocenters. The fourth-order valence-corrected chi connectivity index (χ4v) is 7.62. The van der Waals surface area contributed by atoms with Crippen LogP contribution < -0.4 is 0 Å². The molecule has 0 aromatic carbocycles. The second kappa shape index (κ2) is 47.0. The van der Waals surface area contributed by atoms with E-state index in [4.69, 9.17) is 23.3 Å². The highest BCUT2D eigenvalue weighted by molar-refractivity contribution is 7.47. The zero-order valence-electron chi connectivity index (χ0n) is 40.7. The van der Waals surface area contributed by atoms with E-state index in [9.17, 15) is 28.9 Å². The molecule has 0 saturated carbocycles. The van der Waals surface area contributed by atoms with Gasteiger partial charge in [-0.1, -0.05) is 179 Å². The van der Waals surface area contributed by atoms with Gasteiger partial charge in [0.15, 0.2) is 6.10 Å². The van der Waals surface area contributed by atoms with Gasteiger partial charge in [0.05, 0.1) is 19.8 Å². The van der Waals surface area contributed by atoms with Crippen molar-refractivity contribution in [3.63, 3.8) is 0 Å². The quantitative estimate of drug-likeness (QED) is 0.0197. The highest BCUT2D eigenvalue weighted by Crippen LogP contribution is 2.43. The molecule has 372 valence electrons. The summed E-state index contributed by atoms with van der Waals surface area (Å²) in [7, 11) is -4.74. The van der Waals surface area contributed by atoms with Gasteiger partial charge >= 0.3 is 25.7 Å². The zero-order valence-corrected chi connectivity index (χ0v) is 41.6. The number of carbonyl (C=O) groups excluding carboxylic acids is 3. The minimum atomic E-state index is -4.74. The van der Waals surface area contributed by atoms with Crippen molar-refractivity contribution in [2.24, 2.45) is 0 Å². The number of esters is 3. The second-order valence-electron chi connectivity index (χ2n) is 17.0. The molecule has 0 aromatic rings. The Morgan fingerprint density at radius 3 is 1.28 bits per heavy atom. The van der Waals surface area contributed by atoms with Crippen molar-refractivity contribution in [1.29, 1.82) is 0 Å². The standard InChI is InChI=1S/C52H93O11P/c1-4-7-10-13-16-19-21-23-24-26-28-31-34-37-40-43-52(56)63-49(45-59-50(54)41-38-35-32-29-18-15-12-9-6-3)47-61-64(57,58)60-46-48(44-53)62-51(55)42-39-36-33-30-27-25-22-20-17-14-11-8-5-2/h8,11,17,20,23-25,27,48-49,53H,4-7,9-10,12-16,18-19,21-22,26,28-47H2,1-3H3,(H,57,58)/b11-8-,20-17-,24-23-,27-25-. The largest absolute Gasteiger partial charge is 0.472 e. The summed E-state index contributed by atoms with van der Waals surface area (Å²) >= 11 is 0. The number of phosphoric ester groups is 1. The summed E-state index contributed by atoms with van der Waals surface area (Å²) in [5, 5.41) is 9.75. The monoisotopic (exact) mass is 925 g/mol. The van der Waals surface area contributed by atoms with Crippen LogP contribution in [0.5, 0.6) is 0 Å². The lowest BCUT2D eigenvalue weighted by molar-refractivity contribution is -0.161. The molecule has 0 saturated heterocycles. The molecule has 0 bridgehead atoms. The minimum Gasteiger partial charge on any atom is -0.462 e. The van der Waals surface area contributed by atoms with Crippen LogP contribution in [0.4, 0.5) is 0 Å². The maximum absolute atomic E-state index is 12.8. The molecule has 64 heavy (non-hydrogen) atoms. The van der Waals surface area contributed by atoms with E-state index < -0.39 is 57.8 Å². The van der Waals surface area contributed by atoms with E-state index >= 15 is 0 Å². The maximum Gasteiger partial charge on any atom is 0.472 e. The topological polar surface area (TPSA) is 155 Å². The lowest BCUT2D eigenvalue weighted by Gasteiger charge is -2.21. The summed E-state index contributed by atoms with van der Waals surface area (Å²) in [6, 6.07) is 0. The molecule has 0 spiro atoms. The van der Waals surface area contributed by atoms with Crippen molar-refractivity contribution in [1.82, 2.24) is 0 Å². The summed E-state index contributed by atoms with van der Waals surface area (Å²) in [5.74, 6) is -1.50. The van der Waals surface area contributed by atoms with Crippen molar-refractivity contribution in [3.05, 3.63) is 48.6 Å². The molecule has 2 N–H and O–H groups in total. The SMILES string of the molecule is CC/C=C\C/C=C\C/C=C\CCCCCC(=O)OC(CO)COP(=O)(O)OCC(COC(=O)CCCCCCCCCCC)OC(=O)CCCCCCC/C=C\CCCCCCCC. The molecule has 0 fully saturated rings. The van der Waals surface area contributed by atoms with E-state index in [-0.39, 0.29) is 25.9 Å². The third-order valence-corrected chi connectivity index (χ3v) is 11.7. The second-order valence-corrected chi connectivity index (χ2v) is 18.4. The van der Waals surface area contributed by atoms with E-state index in [2.05, 4.69) is 69.4 Å². The Bertz CT molecular complexity index is 1260. The fraction of sp³-hybridized carbons (Fsp3) is 0.788. The van der Waals surface area contributed by atoms with Crippen molar-refractivity contribution < 1.29 is 52.2 Å². The number of aliphatic hydroxyl groups excluding tert-OH is 1. The van der Waals surface area contributed by atoms with Crippen LogP contribution >= 0.6 is 7.82 Å². The van der Waals surface area contributed by atoms with E-state index in [1.165, 1.54) is 70.6 Å². The van der Waals surface area contributed by atoms with Gasteiger partial charge < -0.3 is 24.2 Å². The first-order valence-corrected chi connectivity index (χ1v) is 27.0. The predicted octanol–water partition coefficient (Wildman–Crippen LogP) is 14.2. The summed E-state index contributed by atoms with van der Waals surface area (Å²) in [5.41, 5.74) is 0. The third-order valence-electron chi connectivity index (χ3n) is 10.7. The smallest absolute Gasteiger partial charge is 0.462 e. The van der Waals surface area contributed by atoms with Crippen LogP contribution in [-0.4, -0.2) is 66.5 Å². The van der Waals surface area contributed by atoms with Gasteiger partial charge in [0.2, 0.25) is 0 Å². The number of hydrogen-bond acceptors (Lipinski definition) is 10. The summed E-state index contributed by atoms with van der Waals surface area (Å²) in [6.07, 6.45) is 46.6. The molecule has 0 rings (SSSR count). The van der Waals surface area contributed by atoms with E-state index in [1.807, 2.05) is 0 Å². The van der Waals surface area contributed by atoms with E-state index in [0.29, 0.717) is 19.3 Å². The van der Waals surface area contributed by atoms with Gasteiger partial charge in [-0.05, 0) is 77.0 Å². The Labute approximate surface area is 390 Å². The van der Waals surface area contributed by atoms with Crippen molar-refractivity contribution >= 4 is 25.7 Å². The highest BCUT2D eigenvalue weighted by Gasteiger charge is 2.28. The predicted molar refractivity (Wildman–Crippen MR) is 261 cm³/mol. The number of allylic oxidation sites excluding steroid dienone is 8. The number of phosphoric acid groups is 1. The molecular weight excluding hydrogens is 832 g/mol. The molecule has 0 aliphatic carbocycles. The van der Waals surface area contributed by atoms with Crippen LogP contribution in [0.3, 0.4) is 0 Å². The molecule has 0 aromatic heterocycles. The molecule has 0 heterocycles. The van der Waals surface area contributed by atoms with Crippen LogP contribution in [0.1, 0.15) is 226 Å². The minimum absolute atomic E-state index is 0.142. The van der Waals surface area contributed by atoms with Gasteiger partial charge in [-0.25, -0.2) is 4.57 Å². The number of carbonyl (C=O) groups is 3. The fourth-order valence-electron chi connectivity index (χ4n) is 6.83. The van der Waals surface area contributed by atoms with Crippen LogP contribution in [0.15, 0.2) is 48.6 Å². The van der Waals surface area contributed by atoms with Gasteiger partial charge in [-0.3, -0.25) is 23.4 Å². The first kappa shape index (κ1) is 61.4. The van der Waals surface area contributed by atoms with Gasteiger partial charge in [-0.2, -0.15) is 0 Å². The van der Waals surface area contributed by atoms with Gasteiger partial charge in [0, 0.05) is 19.3 Å². The van der Waals surface area contributed by atoms with Crippen molar-refractivity contribution in [2.75, 3.05) is 26.4 Å².